The van der Waals surface area contributed by atoms with Crippen molar-refractivity contribution < 1.29 is 14.3 Å². The number of hydrogen-bond donors (Lipinski definition) is 2. The Morgan fingerprint density at radius 3 is 2.32 bits per heavy atom. The van der Waals surface area contributed by atoms with Crippen LogP contribution < -0.4 is 15.4 Å². The zero-order chi connectivity index (χ0) is 24.2. The van der Waals surface area contributed by atoms with Crippen molar-refractivity contribution in [3.8, 4) is 11.4 Å². The predicted octanol–water partition coefficient (Wildman–Crippen LogP) is 5.05. The number of nitrogens with zero attached hydrogens (tertiary/aromatic N) is 3. The Labute approximate surface area is 201 Å². The van der Waals surface area contributed by atoms with Crippen molar-refractivity contribution in [1.82, 2.24) is 14.8 Å². The first-order chi connectivity index (χ1) is 16.4. The lowest BCUT2D eigenvalue weighted by molar-refractivity contribution is 0.101. The number of rotatable bonds is 6. The van der Waals surface area contributed by atoms with Crippen molar-refractivity contribution in [3.63, 3.8) is 0 Å². The van der Waals surface area contributed by atoms with E-state index in [1.165, 1.54) is 13.3 Å². The van der Waals surface area contributed by atoms with Gasteiger partial charge in [0.15, 0.2) is 0 Å². The first-order valence-electron chi connectivity index (χ1n) is 10.4. The number of amides is 2. The van der Waals surface area contributed by atoms with Crippen molar-refractivity contribution in [2.45, 2.75) is 13.8 Å². The van der Waals surface area contributed by atoms with E-state index in [0.717, 1.165) is 17.1 Å². The molecule has 9 heteroatoms. The molecule has 0 aliphatic heterocycles. The molecule has 2 aromatic carbocycles. The summed E-state index contributed by atoms with van der Waals surface area (Å²) in [6, 6.07) is 15.4. The topological polar surface area (TPSA) is 98.1 Å². The lowest BCUT2D eigenvalue weighted by atomic mass is 10.1. The summed E-state index contributed by atoms with van der Waals surface area (Å²) in [6.45, 7) is 3.73. The number of aromatic nitrogens is 3. The maximum Gasteiger partial charge on any atom is 0.257 e. The number of pyridine rings is 1. The minimum Gasteiger partial charge on any atom is -0.494 e. The van der Waals surface area contributed by atoms with E-state index in [4.69, 9.17) is 16.3 Å². The molecule has 2 amide bonds. The highest BCUT2D eigenvalue weighted by molar-refractivity contribution is 6.31. The normalized spacial score (nSPS) is 10.6. The lowest BCUT2D eigenvalue weighted by Gasteiger charge is -2.13. The Balaban J connectivity index is 1.47. The first kappa shape index (κ1) is 23.0. The van der Waals surface area contributed by atoms with Crippen LogP contribution in [0.2, 0.25) is 5.02 Å². The van der Waals surface area contributed by atoms with Crippen molar-refractivity contribution in [1.29, 1.82) is 0 Å². The zero-order valence-electron chi connectivity index (χ0n) is 18.8. The third kappa shape index (κ3) is 4.77. The van der Waals surface area contributed by atoms with Gasteiger partial charge in [-0.2, -0.15) is 5.10 Å². The summed E-state index contributed by atoms with van der Waals surface area (Å²) in [5.74, 6) is -0.189. The van der Waals surface area contributed by atoms with Gasteiger partial charge in [-0.3, -0.25) is 14.6 Å². The smallest absolute Gasteiger partial charge is 0.257 e. The van der Waals surface area contributed by atoms with Crippen molar-refractivity contribution >= 4 is 34.8 Å². The van der Waals surface area contributed by atoms with Crippen LogP contribution in [0.4, 0.5) is 11.4 Å². The largest absolute Gasteiger partial charge is 0.494 e. The number of anilines is 2. The van der Waals surface area contributed by atoms with Crippen LogP contribution in [0.15, 0.2) is 67.0 Å². The summed E-state index contributed by atoms with van der Waals surface area (Å²) in [5.41, 5.74) is 4.28. The fraction of sp³-hybridized carbons (Fsp3) is 0.120. The molecule has 34 heavy (non-hydrogen) atoms. The van der Waals surface area contributed by atoms with Crippen LogP contribution in [0.25, 0.3) is 5.69 Å². The number of nitrogens with one attached hydrogen (secondary N) is 2. The number of carbonyl (C=O) groups excluding carboxylic acids is 2. The Bertz CT molecular complexity index is 1350. The summed E-state index contributed by atoms with van der Waals surface area (Å²) in [4.78, 5) is 29.1. The van der Waals surface area contributed by atoms with Crippen LogP contribution in [0.1, 0.15) is 32.1 Å². The number of benzene rings is 2. The van der Waals surface area contributed by atoms with Crippen molar-refractivity contribution in [3.05, 3.63) is 94.5 Å². The van der Waals surface area contributed by atoms with E-state index >= 15 is 0 Å². The number of hydrogen-bond acceptors (Lipinski definition) is 5. The number of methoxy groups -OCH3 is 1. The van der Waals surface area contributed by atoms with E-state index in [9.17, 15) is 9.59 Å². The van der Waals surface area contributed by atoms with Gasteiger partial charge in [0.2, 0.25) is 0 Å². The Kier molecular flexibility index (Phi) is 6.60. The highest BCUT2D eigenvalue weighted by atomic mass is 35.5. The maximum absolute atomic E-state index is 12.8. The zero-order valence-corrected chi connectivity index (χ0v) is 19.6. The van der Waals surface area contributed by atoms with Gasteiger partial charge in [0.1, 0.15) is 5.75 Å². The second kappa shape index (κ2) is 9.76. The average molecular weight is 476 g/mol. The maximum atomic E-state index is 12.8. The van der Waals surface area contributed by atoms with E-state index in [1.54, 1.807) is 53.3 Å². The van der Waals surface area contributed by atoms with Crippen LogP contribution in [0.5, 0.6) is 5.75 Å². The highest BCUT2D eigenvalue weighted by Gasteiger charge is 2.14. The molecule has 0 bridgehead atoms. The van der Waals surface area contributed by atoms with E-state index in [0.29, 0.717) is 33.3 Å². The molecule has 0 radical (unpaired) electrons. The van der Waals surface area contributed by atoms with Gasteiger partial charge in [0.05, 0.1) is 40.5 Å². The molecular formula is C25H22ClN5O3. The van der Waals surface area contributed by atoms with E-state index in [-0.39, 0.29) is 11.8 Å². The molecule has 0 saturated heterocycles. The number of aryl methyl sites for hydroxylation is 1. The SMILES string of the molecule is COc1cc(NC(=O)c2ccc(-n3nc(C)c(Cl)c3C)cc2)ccc1NC(=O)c1cccnc1. The summed E-state index contributed by atoms with van der Waals surface area (Å²) >= 11 is 6.23. The third-order valence-electron chi connectivity index (χ3n) is 5.21. The Hall–Kier alpha value is -4.17. The number of ether oxygens (including phenoxy) is 1. The van der Waals surface area contributed by atoms with Gasteiger partial charge in [-0.1, -0.05) is 11.6 Å². The molecule has 4 rings (SSSR count). The van der Waals surface area contributed by atoms with Crippen molar-refractivity contribution in [2.75, 3.05) is 17.7 Å². The standard InChI is InChI=1S/C25H22ClN5O3/c1-15-23(26)16(2)31(30-15)20-9-6-17(7-10-20)24(32)28-19-8-11-21(22(13-19)34-3)29-25(33)18-5-4-12-27-14-18/h4-14H,1-3H3,(H,28,32)(H,29,33). The molecule has 2 aromatic heterocycles. The van der Waals surface area contributed by atoms with Gasteiger partial charge < -0.3 is 15.4 Å². The Morgan fingerprint density at radius 2 is 1.71 bits per heavy atom. The molecule has 2 N–H and O–H groups in total. The van der Waals surface area contributed by atoms with Crippen LogP contribution in [-0.2, 0) is 0 Å². The minimum atomic E-state index is -0.313. The molecule has 0 spiro atoms. The second-order valence-electron chi connectivity index (χ2n) is 7.51. The van der Waals surface area contributed by atoms with E-state index < -0.39 is 0 Å². The van der Waals surface area contributed by atoms with Gasteiger partial charge in [0, 0.05) is 29.7 Å². The van der Waals surface area contributed by atoms with Gasteiger partial charge in [-0.15, -0.1) is 0 Å². The monoisotopic (exact) mass is 475 g/mol. The molecule has 0 fully saturated rings. The van der Waals surface area contributed by atoms with Crippen LogP contribution >= 0.6 is 11.6 Å². The average Bonchev–Trinajstić information content (AvgIpc) is 3.12. The molecule has 4 aromatic rings. The van der Waals surface area contributed by atoms with Gasteiger partial charge in [-0.25, -0.2) is 4.68 Å². The number of halogens is 1. The van der Waals surface area contributed by atoms with Crippen LogP contribution in [0.3, 0.4) is 0 Å². The predicted molar refractivity (Wildman–Crippen MR) is 131 cm³/mol. The summed E-state index contributed by atoms with van der Waals surface area (Å²) in [5, 5.41) is 10.7. The van der Waals surface area contributed by atoms with E-state index in [2.05, 4.69) is 20.7 Å². The van der Waals surface area contributed by atoms with Gasteiger partial charge >= 0.3 is 0 Å². The number of carbonyl (C=O) groups is 2. The first-order valence-corrected chi connectivity index (χ1v) is 10.8. The molecule has 8 nitrogen and oxygen atoms in total. The summed E-state index contributed by atoms with van der Waals surface area (Å²) in [6.07, 6.45) is 3.07. The molecular weight excluding hydrogens is 454 g/mol. The summed E-state index contributed by atoms with van der Waals surface area (Å²) < 4.78 is 7.13. The highest BCUT2D eigenvalue weighted by Crippen LogP contribution is 2.29. The third-order valence-corrected chi connectivity index (χ3v) is 5.76. The molecule has 0 aliphatic rings. The molecule has 172 valence electrons. The fourth-order valence-electron chi connectivity index (χ4n) is 3.40. The molecule has 0 atom stereocenters. The van der Waals surface area contributed by atoms with E-state index in [1.807, 2.05) is 26.0 Å². The summed E-state index contributed by atoms with van der Waals surface area (Å²) in [7, 11) is 1.49. The molecule has 0 aliphatic carbocycles. The second-order valence-corrected chi connectivity index (χ2v) is 7.89. The fourth-order valence-corrected chi connectivity index (χ4v) is 3.51. The van der Waals surface area contributed by atoms with Crippen LogP contribution in [-0.4, -0.2) is 33.7 Å². The lowest BCUT2D eigenvalue weighted by Crippen LogP contribution is -2.14. The molecule has 2 heterocycles. The van der Waals surface area contributed by atoms with Crippen molar-refractivity contribution in [2.24, 2.45) is 0 Å². The minimum absolute atomic E-state index is 0.285. The van der Waals surface area contributed by atoms with Gasteiger partial charge in [0.25, 0.3) is 11.8 Å². The van der Waals surface area contributed by atoms with Crippen LogP contribution in [0, 0.1) is 13.8 Å². The quantitative estimate of drug-likeness (QED) is 0.406. The molecule has 0 unspecified atom stereocenters. The van der Waals surface area contributed by atoms with Gasteiger partial charge in [-0.05, 0) is 62.4 Å². The molecule has 0 saturated carbocycles. The Morgan fingerprint density at radius 1 is 0.971 bits per heavy atom.